The molecule has 0 spiro atoms. The van der Waals surface area contributed by atoms with E-state index in [0.717, 1.165) is 31.7 Å². The smallest absolute Gasteiger partial charge is 0.0811 e. The molecule has 0 atom stereocenters. The molecule has 3 aromatic rings. The molecule has 27 heavy (non-hydrogen) atoms. The molecule has 2 aromatic heterocycles. The Morgan fingerprint density at radius 1 is 1.11 bits per heavy atom. The molecule has 0 amide bonds. The molecule has 1 saturated heterocycles. The van der Waals surface area contributed by atoms with Gasteiger partial charge in [-0.2, -0.15) is 0 Å². The quantitative estimate of drug-likeness (QED) is 0.619. The summed E-state index contributed by atoms with van der Waals surface area (Å²) >= 11 is 1.65. The molecule has 4 nitrogen and oxygen atoms in total. The third-order valence-corrected chi connectivity index (χ3v) is 5.85. The van der Waals surface area contributed by atoms with Gasteiger partial charge in [-0.05, 0) is 62.1 Å². The summed E-state index contributed by atoms with van der Waals surface area (Å²) in [5.41, 5.74) is 6.88. The maximum absolute atomic E-state index is 4.43. The number of hydrogen-bond donors (Lipinski definition) is 1. The van der Waals surface area contributed by atoms with Crippen LogP contribution in [0, 0.1) is 0 Å². The molecule has 3 heterocycles. The zero-order valence-corrected chi connectivity index (χ0v) is 16.4. The van der Waals surface area contributed by atoms with Crippen molar-refractivity contribution in [1.82, 2.24) is 15.3 Å². The highest BCUT2D eigenvalue weighted by atomic mass is 32.1. The fourth-order valence-corrected chi connectivity index (χ4v) is 4.27. The van der Waals surface area contributed by atoms with Gasteiger partial charge >= 0.3 is 0 Å². The first-order valence-electron chi connectivity index (χ1n) is 9.74. The molecular weight excluding hydrogens is 352 g/mol. The second kappa shape index (κ2) is 9.11. The van der Waals surface area contributed by atoms with Gasteiger partial charge in [-0.3, -0.25) is 4.98 Å². The maximum Gasteiger partial charge on any atom is 0.0811 e. The average molecular weight is 379 g/mol. The van der Waals surface area contributed by atoms with E-state index in [9.17, 15) is 0 Å². The average Bonchev–Trinajstić information content (AvgIpc) is 3.28. The molecular formula is C22H26N4S. The SMILES string of the molecule is c1cc(-c2cscn2)cc(N2CCC(NCCCc3ccncc3)CC2)c1. The van der Waals surface area contributed by atoms with Crippen molar-refractivity contribution >= 4 is 17.0 Å². The zero-order chi connectivity index (χ0) is 18.3. The van der Waals surface area contributed by atoms with Gasteiger partial charge in [0, 0.05) is 48.2 Å². The van der Waals surface area contributed by atoms with Crippen LogP contribution in [-0.2, 0) is 6.42 Å². The highest BCUT2D eigenvalue weighted by Crippen LogP contribution is 2.26. The Bertz CT molecular complexity index is 811. The zero-order valence-electron chi connectivity index (χ0n) is 15.6. The van der Waals surface area contributed by atoms with E-state index in [1.54, 1.807) is 11.3 Å². The Morgan fingerprint density at radius 3 is 2.74 bits per heavy atom. The molecule has 140 valence electrons. The number of hydrogen-bond acceptors (Lipinski definition) is 5. The van der Waals surface area contributed by atoms with E-state index in [1.165, 1.54) is 36.1 Å². The Hall–Kier alpha value is -2.24. The van der Waals surface area contributed by atoms with E-state index < -0.39 is 0 Å². The van der Waals surface area contributed by atoms with Crippen molar-refractivity contribution in [3.05, 3.63) is 65.2 Å². The lowest BCUT2D eigenvalue weighted by Gasteiger charge is -2.34. The molecule has 1 aliphatic heterocycles. The molecule has 0 bridgehead atoms. The van der Waals surface area contributed by atoms with Crippen LogP contribution in [-0.4, -0.2) is 35.6 Å². The number of nitrogens with zero attached hydrogens (tertiary/aromatic N) is 3. The van der Waals surface area contributed by atoms with E-state index in [2.05, 4.69) is 62.0 Å². The van der Waals surface area contributed by atoms with Crippen molar-refractivity contribution in [2.45, 2.75) is 31.7 Å². The molecule has 1 aliphatic rings. The summed E-state index contributed by atoms with van der Waals surface area (Å²) in [6, 6.07) is 13.6. The van der Waals surface area contributed by atoms with E-state index in [-0.39, 0.29) is 0 Å². The van der Waals surface area contributed by atoms with Crippen LogP contribution in [0.5, 0.6) is 0 Å². The number of aryl methyl sites for hydroxylation is 1. The molecule has 0 radical (unpaired) electrons. The van der Waals surface area contributed by atoms with Crippen LogP contribution in [0.3, 0.4) is 0 Å². The lowest BCUT2D eigenvalue weighted by atomic mass is 10.0. The lowest BCUT2D eigenvalue weighted by molar-refractivity contribution is 0.413. The Morgan fingerprint density at radius 2 is 1.96 bits per heavy atom. The number of aromatic nitrogens is 2. The molecule has 1 N–H and O–H groups in total. The number of benzene rings is 1. The first kappa shape index (κ1) is 18.1. The summed E-state index contributed by atoms with van der Waals surface area (Å²) in [4.78, 5) is 11.0. The van der Waals surface area contributed by atoms with Gasteiger partial charge in [0.2, 0.25) is 0 Å². The second-order valence-electron chi connectivity index (χ2n) is 7.10. The number of pyridine rings is 1. The third kappa shape index (κ3) is 4.93. The highest BCUT2D eigenvalue weighted by molar-refractivity contribution is 7.07. The van der Waals surface area contributed by atoms with Gasteiger partial charge < -0.3 is 10.2 Å². The minimum atomic E-state index is 0.639. The van der Waals surface area contributed by atoms with Crippen molar-refractivity contribution in [1.29, 1.82) is 0 Å². The fraction of sp³-hybridized carbons (Fsp3) is 0.364. The monoisotopic (exact) mass is 378 g/mol. The van der Waals surface area contributed by atoms with Crippen LogP contribution in [0.1, 0.15) is 24.8 Å². The van der Waals surface area contributed by atoms with Crippen LogP contribution in [0.15, 0.2) is 59.7 Å². The first-order valence-corrected chi connectivity index (χ1v) is 10.7. The summed E-state index contributed by atoms with van der Waals surface area (Å²) in [5, 5.41) is 5.86. The largest absolute Gasteiger partial charge is 0.371 e. The summed E-state index contributed by atoms with van der Waals surface area (Å²) in [6.07, 6.45) is 8.47. The lowest BCUT2D eigenvalue weighted by Crippen LogP contribution is -2.42. The van der Waals surface area contributed by atoms with Gasteiger partial charge in [-0.15, -0.1) is 11.3 Å². The van der Waals surface area contributed by atoms with Crippen LogP contribution < -0.4 is 10.2 Å². The predicted molar refractivity (Wildman–Crippen MR) is 113 cm³/mol. The van der Waals surface area contributed by atoms with Crippen LogP contribution in [0.4, 0.5) is 5.69 Å². The maximum atomic E-state index is 4.43. The van der Waals surface area contributed by atoms with Crippen molar-refractivity contribution in [2.75, 3.05) is 24.5 Å². The van der Waals surface area contributed by atoms with Gasteiger partial charge in [-0.1, -0.05) is 12.1 Å². The summed E-state index contributed by atoms with van der Waals surface area (Å²) in [7, 11) is 0. The predicted octanol–water partition coefficient (Wildman–Crippen LogP) is 4.40. The van der Waals surface area contributed by atoms with E-state index in [1.807, 2.05) is 17.9 Å². The molecule has 4 rings (SSSR count). The van der Waals surface area contributed by atoms with Crippen molar-refractivity contribution in [3.63, 3.8) is 0 Å². The van der Waals surface area contributed by atoms with Gasteiger partial charge in [0.05, 0.1) is 11.2 Å². The Labute approximate surface area is 165 Å². The molecule has 0 saturated carbocycles. The molecule has 0 aliphatic carbocycles. The third-order valence-electron chi connectivity index (χ3n) is 5.26. The minimum Gasteiger partial charge on any atom is -0.371 e. The van der Waals surface area contributed by atoms with Gasteiger partial charge in [0.25, 0.3) is 0 Å². The summed E-state index contributed by atoms with van der Waals surface area (Å²) in [5.74, 6) is 0. The number of thiazole rings is 1. The molecule has 1 fully saturated rings. The molecule has 5 heteroatoms. The highest BCUT2D eigenvalue weighted by Gasteiger charge is 2.19. The topological polar surface area (TPSA) is 41.1 Å². The fourth-order valence-electron chi connectivity index (χ4n) is 3.71. The van der Waals surface area contributed by atoms with E-state index >= 15 is 0 Å². The first-order chi connectivity index (χ1) is 13.4. The summed E-state index contributed by atoms with van der Waals surface area (Å²) in [6.45, 7) is 3.32. The Balaban J connectivity index is 1.23. The van der Waals surface area contributed by atoms with Gasteiger partial charge in [0.15, 0.2) is 0 Å². The van der Waals surface area contributed by atoms with Crippen molar-refractivity contribution in [3.8, 4) is 11.3 Å². The van der Waals surface area contributed by atoms with Crippen molar-refractivity contribution in [2.24, 2.45) is 0 Å². The number of piperidine rings is 1. The van der Waals surface area contributed by atoms with Crippen LogP contribution >= 0.6 is 11.3 Å². The molecule has 0 unspecified atom stereocenters. The van der Waals surface area contributed by atoms with E-state index in [0.29, 0.717) is 6.04 Å². The number of nitrogens with one attached hydrogen (secondary N) is 1. The van der Waals surface area contributed by atoms with Crippen LogP contribution in [0.2, 0.25) is 0 Å². The van der Waals surface area contributed by atoms with E-state index in [4.69, 9.17) is 0 Å². The summed E-state index contributed by atoms with van der Waals surface area (Å²) < 4.78 is 0. The van der Waals surface area contributed by atoms with Crippen molar-refractivity contribution < 1.29 is 0 Å². The minimum absolute atomic E-state index is 0.639. The number of rotatable bonds is 7. The Kier molecular flexibility index (Phi) is 6.12. The second-order valence-corrected chi connectivity index (χ2v) is 7.82. The molecule has 1 aromatic carbocycles. The van der Waals surface area contributed by atoms with Crippen LogP contribution in [0.25, 0.3) is 11.3 Å². The standard InChI is InChI=1S/C22H26N4S/c1-4-19(22-16-27-17-25-22)15-21(5-1)26-13-8-20(9-14-26)24-10-2-3-18-6-11-23-12-7-18/h1,4-7,11-12,15-17,20,24H,2-3,8-10,13-14H2. The van der Waals surface area contributed by atoms with Gasteiger partial charge in [0.1, 0.15) is 0 Å². The number of anilines is 1. The van der Waals surface area contributed by atoms with Gasteiger partial charge in [-0.25, -0.2) is 4.98 Å². The normalized spacial score (nSPS) is 15.2.